The molecular formula is C39H42N6O8. The van der Waals surface area contributed by atoms with Crippen molar-refractivity contribution in [1.82, 2.24) is 15.1 Å². The van der Waals surface area contributed by atoms with E-state index >= 15 is 0 Å². The third kappa shape index (κ3) is 8.71. The Hall–Kier alpha value is -6.05. The molecule has 2 saturated heterocycles. The lowest BCUT2D eigenvalue weighted by molar-refractivity contribution is -0.147. The van der Waals surface area contributed by atoms with Crippen LogP contribution in [0.2, 0.25) is 0 Å². The van der Waals surface area contributed by atoms with E-state index in [-0.39, 0.29) is 41.7 Å². The number of fused-ring (bicyclic) bond motifs is 8. The van der Waals surface area contributed by atoms with Crippen LogP contribution in [0, 0.1) is 0 Å². The number of nitrogens with one attached hydrogen (secondary N) is 4. The molecule has 6 rings (SSSR count). The number of rotatable bonds is 4. The van der Waals surface area contributed by atoms with Crippen molar-refractivity contribution >= 4 is 58.5 Å². The first-order valence-electron chi connectivity index (χ1n) is 17.8. The summed E-state index contributed by atoms with van der Waals surface area (Å²) in [6.07, 6.45) is 1.44. The summed E-state index contributed by atoms with van der Waals surface area (Å²) >= 11 is 0. The molecule has 3 aromatic rings. The normalized spacial score (nSPS) is 21.2. The first-order valence-corrected chi connectivity index (χ1v) is 17.8. The van der Waals surface area contributed by atoms with Crippen molar-refractivity contribution in [3.8, 4) is 0 Å². The smallest absolute Gasteiger partial charge is 0.306 e. The van der Waals surface area contributed by atoms with Crippen LogP contribution in [-0.2, 0) is 23.9 Å². The average Bonchev–Trinajstić information content (AvgIpc) is 3.83. The summed E-state index contributed by atoms with van der Waals surface area (Å²) in [6.45, 7) is 4.10. The molecule has 276 valence electrons. The van der Waals surface area contributed by atoms with Crippen LogP contribution in [0.3, 0.4) is 0 Å². The molecule has 3 aliphatic heterocycles. The second-order valence-electron chi connectivity index (χ2n) is 13.6. The van der Waals surface area contributed by atoms with Crippen molar-refractivity contribution in [2.75, 3.05) is 29.0 Å². The molecule has 0 radical (unpaired) electrons. The van der Waals surface area contributed by atoms with Gasteiger partial charge in [0.15, 0.2) is 0 Å². The van der Waals surface area contributed by atoms with E-state index in [2.05, 4.69) is 21.3 Å². The van der Waals surface area contributed by atoms with Crippen LogP contribution in [0.5, 0.6) is 0 Å². The summed E-state index contributed by atoms with van der Waals surface area (Å²) in [5.74, 6) is -3.42. The van der Waals surface area contributed by atoms with E-state index in [1.165, 1.54) is 28.0 Å². The van der Waals surface area contributed by atoms with Gasteiger partial charge in [-0.15, -0.1) is 0 Å². The maximum atomic E-state index is 13.8. The van der Waals surface area contributed by atoms with Crippen LogP contribution >= 0.6 is 0 Å². The highest BCUT2D eigenvalue weighted by atomic mass is 16.5. The van der Waals surface area contributed by atoms with Crippen molar-refractivity contribution < 1.29 is 38.3 Å². The zero-order valence-electron chi connectivity index (χ0n) is 29.6. The Bertz CT molecular complexity index is 1950. The summed E-state index contributed by atoms with van der Waals surface area (Å²) in [7, 11) is 0. The average molecular weight is 723 g/mol. The molecule has 2 fully saturated rings. The number of hydrogen-bond donors (Lipinski definition) is 4. The minimum Gasteiger partial charge on any atom is -0.463 e. The molecule has 6 amide bonds. The second kappa shape index (κ2) is 16.1. The van der Waals surface area contributed by atoms with Crippen LogP contribution in [0.1, 0.15) is 83.4 Å². The Morgan fingerprint density at radius 3 is 1.62 bits per heavy atom. The zero-order chi connectivity index (χ0) is 37.6. The number of hydrogen-bond acceptors (Lipinski definition) is 8. The van der Waals surface area contributed by atoms with Crippen LogP contribution < -0.4 is 21.3 Å². The molecule has 3 aromatic carbocycles. The third-order valence-corrected chi connectivity index (χ3v) is 9.41. The van der Waals surface area contributed by atoms with E-state index < -0.39 is 53.6 Å². The van der Waals surface area contributed by atoms with Crippen LogP contribution in [0.25, 0.3) is 0 Å². The van der Waals surface area contributed by atoms with Crippen molar-refractivity contribution in [2.45, 2.75) is 76.6 Å². The summed E-state index contributed by atoms with van der Waals surface area (Å²) in [5, 5.41) is 11.1. The SMILES string of the molecule is CC(C)OC(=O)CC[C@@H]1NC(=O)c2cccc(c2)NC(=O)[C@@H]2CCCN2C(=O)c2cccc(c2)NC(=O)[C@@H]2CCCN2C(=O)c2cccc(c2)NC1=O. The molecular weight excluding hydrogens is 680 g/mol. The molecule has 3 atom stereocenters. The van der Waals surface area contributed by atoms with Gasteiger partial charge >= 0.3 is 5.97 Å². The maximum Gasteiger partial charge on any atom is 0.306 e. The van der Waals surface area contributed by atoms with E-state index in [9.17, 15) is 33.6 Å². The molecule has 53 heavy (non-hydrogen) atoms. The van der Waals surface area contributed by atoms with E-state index in [0.29, 0.717) is 55.7 Å². The molecule has 0 unspecified atom stereocenters. The Kier molecular flexibility index (Phi) is 11.2. The topological polar surface area (TPSA) is 183 Å². The minimum absolute atomic E-state index is 0.0870. The first kappa shape index (κ1) is 36.7. The van der Waals surface area contributed by atoms with Gasteiger partial charge in [0.05, 0.1) is 6.10 Å². The van der Waals surface area contributed by atoms with Gasteiger partial charge in [-0.1, -0.05) is 18.2 Å². The molecule has 14 heteroatoms. The second-order valence-corrected chi connectivity index (χ2v) is 13.6. The number of esters is 1. The Morgan fingerprint density at radius 2 is 1.13 bits per heavy atom. The Morgan fingerprint density at radius 1 is 0.679 bits per heavy atom. The van der Waals surface area contributed by atoms with Crippen molar-refractivity contribution in [1.29, 1.82) is 0 Å². The van der Waals surface area contributed by atoms with E-state index in [1.807, 2.05) is 0 Å². The summed E-state index contributed by atoms with van der Waals surface area (Å²) < 4.78 is 5.23. The Labute approximate surface area is 306 Å². The van der Waals surface area contributed by atoms with Crippen LogP contribution in [0.15, 0.2) is 72.8 Å². The van der Waals surface area contributed by atoms with E-state index in [4.69, 9.17) is 4.74 Å². The van der Waals surface area contributed by atoms with Crippen LogP contribution in [-0.4, -0.2) is 88.5 Å². The Balaban J connectivity index is 1.33. The molecule has 0 spiro atoms. The monoisotopic (exact) mass is 722 g/mol. The summed E-state index contributed by atoms with van der Waals surface area (Å²) in [5.41, 5.74) is 1.63. The predicted octanol–water partition coefficient (Wildman–Crippen LogP) is 3.96. The highest BCUT2D eigenvalue weighted by Crippen LogP contribution is 2.26. The molecule has 0 saturated carbocycles. The number of ether oxygens (including phenoxy) is 1. The lowest BCUT2D eigenvalue weighted by Gasteiger charge is -2.25. The molecule has 3 heterocycles. The highest BCUT2D eigenvalue weighted by Gasteiger charge is 2.37. The molecule has 0 aromatic heterocycles. The van der Waals surface area contributed by atoms with Gasteiger partial charge in [0.2, 0.25) is 17.7 Å². The molecule has 14 nitrogen and oxygen atoms in total. The van der Waals surface area contributed by atoms with Gasteiger partial charge in [-0.25, -0.2) is 0 Å². The standard InChI is InChI=1S/C39H42N6O8/c1-23(2)53-33(46)17-16-30-35(48)40-28-12-4-9-25(21-28)38(51)45-19-7-15-32(45)37(50)42-29-13-5-10-26(22-29)39(52)44-18-6-14-31(44)36(49)41-27-11-3-8-24(20-27)34(47)43-30/h3-5,8-13,20-23,30-32H,6-7,14-19H2,1-2H3,(H,40,48)(H,41,49)(H,42,50)(H,43,47)/t30-,31-,32-/m0/s1. The molecule has 6 bridgehead atoms. The molecule has 3 aliphatic rings. The van der Waals surface area contributed by atoms with Gasteiger partial charge in [0.25, 0.3) is 17.7 Å². The van der Waals surface area contributed by atoms with Crippen molar-refractivity contribution in [3.05, 3.63) is 89.5 Å². The lowest BCUT2D eigenvalue weighted by Crippen LogP contribution is -2.44. The number of carbonyl (C=O) groups excluding carboxylic acids is 7. The molecule has 0 aliphatic carbocycles. The summed E-state index contributed by atoms with van der Waals surface area (Å²) in [4.78, 5) is 97.2. The predicted molar refractivity (Wildman–Crippen MR) is 195 cm³/mol. The van der Waals surface area contributed by atoms with Gasteiger partial charge in [-0.2, -0.15) is 0 Å². The third-order valence-electron chi connectivity index (χ3n) is 9.41. The maximum absolute atomic E-state index is 13.8. The van der Waals surface area contributed by atoms with E-state index in [0.717, 1.165) is 0 Å². The van der Waals surface area contributed by atoms with Crippen molar-refractivity contribution in [3.63, 3.8) is 0 Å². The number of nitrogens with zero attached hydrogens (tertiary/aromatic N) is 2. The largest absolute Gasteiger partial charge is 0.463 e. The number of amides is 6. The van der Waals surface area contributed by atoms with E-state index in [1.54, 1.807) is 68.4 Å². The van der Waals surface area contributed by atoms with Crippen molar-refractivity contribution in [2.24, 2.45) is 0 Å². The van der Waals surface area contributed by atoms with Gasteiger partial charge in [-0.05, 0) is 101 Å². The quantitative estimate of drug-likeness (QED) is 0.292. The van der Waals surface area contributed by atoms with Gasteiger partial charge in [0, 0.05) is 53.3 Å². The van der Waals surface area contributed by atoms with Gasteiger partial charge in [0.1, 0.15) is 18.1 Å². The van der Waals surface area contributed by atoms with Gasteiger partial charge in [-0.3, -0.25) is 33.6 Å². The first-order chi connectivity index (χ1) is 25.5. The fourth-order valence-corrected chi connectivity index (χ4v) is 6.87. The lowest BCUT2D eigenvalue weighted by atomic mass is 10.1. The number of benzene rings is 3. The number of anilines is 3. The summed E-state index contributed by atoms with van der Waals surface area (Å²) in [6, 6.07) is 16.2. The fourth-order valence-electron chi connectivity index (χ4n) is 6.87. The zero-order valence-corrected chi connectivity index (χ0v) is 29.6. The van der Waals surface area contributed by atoms with Gasteiger partial charge < -0.3 is 35.8 Å². The highest BCUT2D eigenvalue weighted by molar-refractivity contribution is 6.06. The minimum atomic E-state index is -1.19. The number of carbonyl (C=O) groups is 7. The molecule has 4 N–H and O–H groups in total. The fraction of sp³-hybridized carbons (Fsp3) is 0.359. The van der Waals surface area contributed by atoms with Crippen LogP contribution in [0.4, 0.5) is 17.1 Å².